The van der Waals surface area contributed by atoms with Gasteiger partial charge >= 0.3 is 0 Å². The maximum Gasteiger partial charge on any atom is 0.255 e. The predicted octanol–water partition coefficient (Wildman–Crippen LogP) is 4.11. The standard InChI is InChI=1S/C16H16BrNO3/c1-3-21-15-10-13(8-9-14(15)20-2)18-16(19)11-4-6-12(17)7-5-11/h4-10H,3H2,1-2H3,(H,18,19). The number of hydrogen-bond acceptors (Lipinski definition) is 3. The Labute approximate surface area is 132 Å². The van der Waals surface area contributed by atoms with Gasteiger partial charge in [0.25, 0.3) is 5.91 Å². The maximum absolute atomic E-state index is 12.2. The number of hydrogen-bond donors (Lipinski definition) is 1. The van der Waals surface area contributed by atoms with Crippen LogP contribution in [0, 0.1) is 0 Å². The van der Waals surface area contributed by atoms with Crippen molar-refractivity contribution < 1.29 is 14.3 Å². The Kier molecular flexibility index (Phi) is 5.22. The van der Waals surface area contributed by atoms with Gasteiger partial charge in [-0.15, -0.1) is 0 Å². The summed E-state index contributed by atoms with van der Waals surface area (Å²) in [7, 11) is 1.58. The number of amides is 1. The van der Waals surface area contributed by atoms with Gasteiger partial charge in [0.15, 0.2) is 11.5 Å². The number of anilines is 1. The molecule has 0 unspecified atom stereocenters. The monoisotopic (exact) mass is 349 g/mol. The summed E-state index contributed by atoms with van der Waals surface area (Å²) >= 11 is 3.34. The molecule has 2 aromatic carbocycles. The van der Waals surface area contributed by atoms with Crippen LogP contribution in [-0.2, 0) is 0 Å². The average Bonchev–Trinajstić information content (AvgIpc) is 2.48. The number of nitrogens with one attached hydrogen (secondary N) is 1. The lowest BCUT2D eigenvalue weighted by atomic mass is 10.2. The predicted molar refractivity (Wildman–Crippen MR) is 86.3 cm³/mol. The van der Waals surface area contributed by atoms with Gasteiger partial charge in [-0.05, 0) is 43.3 Å². The molecule has 1 amide bonds. The molecule has 0 aliphatic rings. The summed E-state index contributed by atoms with van der Waals surface area (Å²) < 4.78 is 11.6. The Morgan fingerprint density at radius 3 is 2.48 bits per heavy atom. The summed E-state index contributed by atoms with van der Waals surface area (Å²) in [5.41, 5.74) is 1.25. The van der Waals surface area contributed by atoms with Crippen molar-refractivity contribution in [3.63, 3.8) is 0 Å². The minimum Gasteiger partial charge on any atom is -0.493 e. The summed E-state index contributed by atoms with van der Waals surface area (Å²) in [6.45, 7) is 2.42. The van der Waals surface area contributed by atoms with Crippen LogP contribution in [0.2, 0.25) is 0 Å². The van der Waals surface area contributed by atoms with Crippen molar-refractivity contribution in [3.8, 4) is 11.5 Å². The van der Waals surface area contributed by atoms with Gasteiger partial charge in [-0.3, -0.25) is 4.79 Å². The van der Waals surface area contributed by atoms with Gasteiger partial charge < -0.3 is 14.8 Å². The number of carbonyl (C=O) groups excluding carboxylic acids is 1. The van der Waals surface area contributed by atoms with Gasteiger partial charge in [0.05, 0.1) is 13.7 Å². The molecule has 2 rings (SSSR count). The highest BCUT2D eigenvalue weighted by atomic mass is 79.9. The molecule has 0 saturated carbocycles. The number of ether oxygens (including phenoxy) is 2. The van der Waals surface area contributed by atoms with E-state index in [2.05, 4.69) is 21.2 Å². The first-order valence-corrected chi connectivity index (χ1v) is 7.31. The van der Waals surface area contributed by atoms with Crippen LogP contribution in [0.4, 0.5) is 5.69 Å². The molecule has 4 nitrogen and oxygen atoms in total. The number of rotatable bonds is 5. The molecule has 0 radical (unpaired) electrons. The zero-order valence-electron chi connectivity index (χ0n) is 11.9. The average molecular weight is 350 g/mol. The first-order valence-electron chi connectivity index (χ1n) is 6.51. The Hall–Kier alpha value is -2.01. The van der Waals surface area contributed by atoms with Crippen molar-refractivity contribution in [2.75, 3.05) is 19.0 Å². The van der Waals surface area contributed by atoms with Crippen LogP contribution in [0.5, 0.6) is 11.5 Å². The minimum absolute atomic E-state index is 0.171. The van der Waals surface area contributed by atoms with Crippen LogP contribution in [0.25, 0.3) is 0 Å². The SMILES string of the molecule is CCOc1cc(NC(=O)c2ccc(Br)cc2)ccc1OC. The first-order chi connectivity index (χ1) is 10.1. The van der Waals surface area contributed by atoms with E-state index in [4.69, 9.17) is 9.47 Å². The van der Waals surface area contributed by atoms with E-state index in [1.807, 2.05) is 19.1 Å². The molecular weight excluding hydrogens is 334 g/mol. The van der Waals surface area contributed by atoms with Crippen molar-refractivity contribution in [3.05, 3.63) is 52.5 Å². The molecule has 1 N–H and O–H groups in total. The number of benzene rings is 2. The summed E-state index contributed by atoms with van der Waals surface area (Å²) in [4.78, 5) is 12.2. The van der Waals surface area contributed by atoms with Crippen LogP contribution in [0.15, 0.2) is 46.9 Å². The Morgan fingerprint density at radius 2 is 1.86 bits per heavy atom. The molecule has 0 spiro atoms. The molecule has 110 valence electrons. The molecule has 5 heteroatoms. The summed E-state index contributed by atoms with van der Waals surface area (Å²) in [5.74, 6) is 1.07. The lowest BCUT2D eigenvalue weighted by Gasteiger charge is -2.12. The third-order valence-corrected chi connectivity index (χ3v) is 3.36. The van der Waals surface area contributed by atoms with Gasteiger partial charge in [0.1, 0.15) is 0 Å². The van der Waals surface area contributed by atoms with Gasteiger partial charge in [-0.2, -0.15) is 0 Å². The molecule has 0 bridgehead atoms. The topological polar surface area (TPSA) is 47.6 Å². The fraction of sp³-hybridized carbons (Fsp3) is 0.188. The molecule has 2 aromatic rings. The number of carbonyl (C=O) groups is 1. The van der Waals surface area contributed by atoms with Crippen LogP contribution in [0.1, 0.15) is 17.3 Å². The summed E-state index contributed by atoms with van der Waals surface area (Å²) in [5, 5.41) is 2.84. The fourth-order valence-corrected chi connectivity index (χ4v) is 2.09. The second kappa shape index (κ2) is 7.13. The minimum atomic E-state index is -0.171. The molecule has 0 atom stereocenters. The molecule has 0 heterocycles. The highest BCUT2D eigenvalue weighted by molar-refractivity contribution is 9.10. The third-order valence-electron chi connectivity index (χ3n) is 2.83. The lowest BCUT2D eigenvalue weighted by Crippen LogP contribution is -2.11. The van der Waals surface area contributed by atoms with E-state index in [0.29, 0.717) is 29.4 Å². The second-order valence-corrected chi connectivity index (χ2v) is 5.18. The Morgan fingerprint density at radius 1 is 1.14 bits per heavy atom. The normalized spacial score (nSPS) is 10.0. The van der Waals surface area contributed by atoms with Crippen molar-refractivity contribution in [2.45, 2.75) is 6.92 Å². The van der Waals surface area contributed by atoms with Gasteiger partial charge in [0.2, 0.25) is 0 Å². The van der Waals surface area contributed by atoms with Crippen LogP contribution in [-0.4, -0.2) is 19.6 Å². The van der Waals surface area contributed by atoms with Gasteiger partial charge in [0, 0.05) is 21.8 Å². The first kappa shape index (κ1) is 15.4. The Bertz CT molecular complexity index is 626. The van der Waals surface area contributed by atoms with Crippen molar-refractivity contribution in [1.82, 2.24) is 0 Å². The molecule has 0 saturated heterocycles. The zero-order chi connectivity index (χ0) is 15.2. The number of methoxy groups -OCH3 is 1. The van der Waals surface area contributed by atoms with Crippen LogP contribution in [0.3, 0.4) is 0 Å². The van der Waals surface area contributed by atoms with Crippen molar-refractivity contribution in [2.24, 2.45) is 0 Å². The molecule has 21 heavy (non-hydrogen) atoms. The maximum atomic E-state index is 12.2. The highest BCUT2D eigenvalue weighted by Crippen LogP contribution is 2.30. The molecule has 0 fully saturated rings. The summed E-state index contributed by atoms with van der Waals surface area (Å²) in [6.07, 6.45) is 0. The smallest absolute Gasteiger partial charge is 0.255 e. The lowest BCUT2D eigenvalue weighted by molar-refractivity contribution is 0.102. The largest absolute Gasteiger partial charge is 0.493 e. The van der Waals surface area contributed by atoms with Crippen LogP contribution >= 0.6 is 15.9 Å². The third kappa shape index (κ3) is 3.98. The van der Waals surface area contributed by atoms with E-state index >= 15 is 0 Å². The second-order valence-electron chi connectivity index (χ2n) is 4.26. The molecule has 0 aliphatic heterocycles. The number of halogens is 1. The Balaban J connectivity index is 2.17. The van der Waals surface area contributed by atoms with E-state index in [0.717, 1.165) is 4.47 Å². The molecular formula is C16H16BrNO3. The van der Waals surface area contributed by atoms with Gasteiger partial charge in [-0.1, -0.05) is 15.9 Å². The highest BCUT2D eigenvalue weighted by Gasteiger charge is 2.09. The van der Waals surface area contributed by atoms with Crippen LogP contribution < -0.4 is 14.8 Å². The van der Waals surface area contributed by atoms with E-state index in [1.165, 1.54) is 0 Å². The van der Waals surface area contributed by atoms with E-state index in [-0.39, 0.29) is 5.91 Å². The van der Waals surface area contributed by atoms with Crippen molar-refractivity contribution in [1.29, 1.82) is 0 Å². The fourth-order valence-electron chi connectivity index (χ4n) is 1.83. The molecule has 0 aliphatic carbocycles. The van der Waals surface area contributed by atoms with Gasteiger partial charge in [-0.25, -0.2) is 0 Å². The van der Waals surface area contributed by atoms with E-state index in [9.17, 15) is 4.79 Å². The summed E-state index contributed by atoms with van der Waals surface area (Å²) in [6, 6.07) is 12.5. The quantitative estimate of drug-likeness (QED) is 0.883. The van der Waals surface area contributed by atoms with Crippen molar-refractivity contribution >= 4 is 27.5 Å². The molecule has 0 aromatic heterocycles. The van der Waals surface area contributed by atoms with E-state index in [1.54, 1.807) is 37.4 Å². The van der Waals surface area contributed by atoms with E-state index < -0.39 is 0 Å². The zero-order valence-corrected chi connectivity index (χ0v) is 13.4.